The Kier molecular flexibility index (Phi) is 7.44. The number of hydrogen-bond donors (Lipinski definition) is 1. The Morgan fingerprint density at radius 3 is 2.62 bits per heavy atom. The zero-order chi connectivity index (χ0) is 23.6. The van der Waals surface area contributed by atoms with Crippen molar-refractivity contribution in [2.75, 3.05) is 11.9 Å². The Bertz CT molecular complexity index is 1230. The van der Waals surface area contributed by atoms with Crippen molar-refractivity contribution in [2.24, 2.45) is 13.0 Å². The van der Waals surface area contributed by atoms with Crippen LogP contribution < -0.4 is 10.9 Å². The summed E-state index contributed by atoms with van der Waals surface area (Å²) >= 11 is 12.9. The Balaban J connectivity index is 2.09. The van der Waals surface area contributed by atoms with Gasteiger partial charge in [0.25, 0.3) is 11.5 Å². The number of carbonyl (C=O) groups excluding carboxylic acids is 1. The summed E-state index contributed by atoms with van der Waals surface area (Å²) in [5.41, 5.74) is 1.60. The molecule has 0 radical (unpaired) electrons. The van der Waals surface area contributed by atoms with Crippen LogP contribution in [0.3, 0.4) is 0 Å². The highest BCUT2D eigenvalue weighted by molar-refractivity contribution is 8.26. The molecule has 0 aliphatic carbocycles. The number of pyridine rings is 1. The second kappa shape index (κ2) is 9.90. The Morgan fingerprint density at radius 2 is 2.00 bits per heavy atom. The van der Waals surface area contributed by atoms with Crippen LogP contribution in [0.5, 0.6) is 0 Å². The summed E-state index contributed by atoms with van der Waals surface area (Å²) in [6.07, 6.45) is 1.71. The predicted octanol–water partition coefficient (Wildman–Crippen LogP) is 4.69. The number of anilines is 1. The van der Waals surface area contributed by atoms with E-state index in [-0.39, 0.29) is 17.4 Å². The van der Waals surface area contributed by atoms with Crippen molar-refractivity contribution in [1.82, 2.24) is 9.47 Å². The molecule has 2 aromatic rings. The summed E-state index contributed by atoms with van der Waals surface area (Å²) in [5.74, 6) is 0.604. The van der Waals surface area contributed by atoms with Gasteiger partial charge in [-0.05, 0) is 36.1 Å². The molecule has 166 valence electrons. The van der Waals surface area contributed by atoms with Crippen molar-refractivity contribution >= 4 is 57.7 Å². The van der Waals surface area contributed by atoms with E-state index in [1.807, 2.05) is 38.1 Å². The molecule has 1 N–H and O–H groups in total. The van der Waals surface area contributed by atoms with Gasteiger partial charge in [0.05, 0.1) is 4.91 Å². The number of aromatic nitrogens is 1. The zero-order valence-electron chi connectivity index (χ0n) is 18.2. The molecular weight excluding hydrogens is 464 g/mol. The molecule has 1 saturated heterocycles. The average molecular weight is 487 g/mol. The van der Waals surface area contributed by atoms with Crippen molar-refractivity contribution in [2.45, 2.75) is 27.3 Å². The number of thioether (sulfide) groups is 1. The SMILES string of the molecule is Cc1c(/C=C2/SC(=S)N(CC(C)C)C2=O)c(NCc2ccccc2Cl)n(C)c(=O)c1C#N. The highest BCUT2D eigenvalue weighted by atomic mass is 35.5. The van der Waals surface area contributed by atoms with E-state index in [9.17, 15) is 14.9 Å². The first kappa shape index (κ1) is 24.1. The summed E-state index contributed by atoms with van der Waals surface area (Å²) in [4.78, 5) is 27.8. The molecule has 1 fully saturated rings. The Morgan fingerprint density at radius 1 is 1.31 bits per heavy atom. The molecule has 0 saturated carbocycles. The minimum atomic E-state index is -0.406. The van der Waals surface area contributed by atoms with Crippen LogP contribution in [-0.4, -0.2) is 26.2 Å². The fourth-order valence-corrected chi connectivity index (χ4v) is 4.88. The van der Waals surface area contributed by atoms with E-state index in [0.29, 0.717) is 44.3 Å². The molecule has 1 aliphatic rings. The van der Waals surface area contributed by atoms with Crippen LogP contribution in [0.4, 0.5) is 5.82 Å². The summed E-state index contributed by atoms with van der Waals surface area (Å²) in [6, 6.07) is 9.41. The number of rotatable bonds is 6. The number of thiocarbonyl (C=S) groups is 1. The van der Waals surface area contributed by atoms with E-state index < -0.39 is 5.56 Å². The summed E-state index contributed by atoms with van der Waals surface area (Å²) in [7, 11) is 1.60. The quantitative estimate of drug-likeness (QED) is 0.471. The molecule has 3 rings (SSSR count). The fourth-order valence-electron chi connectivity index (χ4n) is 3.42. The molecule has 0 bridgehead atoms. The fraction of sp³-hybridized carbons (Fsp3) is 0.304. The lowest BCUT2D eigenvalue weighted by atomic mass is 10.0. The number of benzene rings is 1. The number of hydrogen-bond acceptors (Lipinski definition) is 6. The van der Waals surface area contributed by atoms with Crippen molar-refractivity contribution in [1.29, 1.82) is 5.26 Å². The van der Waals surface area contributed by atoms with E-state index in [1.165, 1.54) is 16.3 Å². The van der Waals surface area contributed by atoms with E-state index in [0.717, 1.165) is 5.56 Å². The number of nitrogens with one attached hydrogen (secondary N) is 1. The molecule has 1 aromatic carbocycles. The van der Waals surface area contributed by atoms with E-state index in [1.54, 1.807) is 31.0 Å². The van der Waals surface area contributed by atoms with Crippen LogP contribution in [0.1, 0.15) is 36.1 Å². The molecule has 0 spiro atoms. The van der Waals surface area contributed by atoms with E-state index >= 15 is 0 Å². The molecule has 32 heavy (non-hydrogen) atoms. The molecule has 2 heterocycles. The van der Waals surface area contributed by atoms with Crippen molar-refractivity contribution < 1.29 is 4.79 Å². The largest absolute Gasteiger partial charge is 0.367 e. The first-order valence-electron chi connectivity index (χ1n) is 10.0. The first-order valence-corrected chi connectivity index (χ1v) is 11.6. The van der Waals surface area contributed by atoms with Crippen LogP contribution in [-0.2, 0) is 18.4 Å². The lowest BCUT2D eigenvalue weighted by Gasteiger charge is -2.18. The molecular formula is C23H23ClN4O2S2. The molecule has 0 atom stereocenters. The maximum atomic E-state index is 13.0. The lowest BCUT2D eigenvalue weighted by Crippen LogP contribution is -2.31. The number of halogens is 1. The molecule has 1 aromatic heterocycles. The van der Waals surface area contributed by atoms with Gasteiger partial charge in [-0.2, -0.15) is 5.26 Å². The zero-order valence-corrected chi connectivity index (χ0v) is 20.6. The van der Waals surface area contributed by atoms with Gasteiger partial charge in [0.1, 0.15) is 21.8 Å². The van der Waals surface area contributed by atoms with Crippen molar-refractivity contribution in [3.8, 4) is 6.07 Å². The first-order chi connectivity index (χ1) is 15.1. The van der Waals surface area contributed by atoms with Gasteiger partial charge >= 0.3 is 0 Å². The molecule has 1 aliphatic heterocycles. The normalized spacial score (nSPS) is 15.0. The minimum Gasteiger partial charge on any atom is -0.367 e. The Hall–Kier alpha value is -2.60. The third-order valence-corrected chi connectivity index (χ3v) is 6.85. The molecule has 1 amide bonds. The van der Waals surface area contributed by atoms with Gasteiger partial charge in [0.15, 0.2) is 0 Å². The Labute approximate surface area is 201 Å². The van der Waals surface area contributed by atoms with Crippen LogP contribution in [0.15, 0.2) is 34.0 Å². The lowest BCUT2D eigenvalue weighted by molar-refractivity contribution is -0.122. The highest BCUT2D eigenvalue weighted by Crippen LogP contribution is 2.35. The maximum Gasteiger partial charge on any atom is 0.270 e. The topological polar surface area (TPSA) is 78.1 Å². The van der Waals surface area contributed by atoms with Gasteiger partial charge in [-0.1, -0.05) is 67.6 Å². The second-order valence-corrected chi connectivity index (χ2v) is 9.95. The van der Waals surface area contributed by atoms with Crippen molar-refractivity contribution in [3.05, 3.63) is 66.8 Å². The van der Waals surface area contributed by atoms with Gasteiger partial charge in [0.2, 0.25) is 0 Å². The van der Waals surface area contributed by atoms with Gasteiger partial charge in [-0.3, -0.25) is 19.1 Å². The van der Waals surface area contributed by atoms with Gasteiger partial charge in [-0.25, -0.2) is 0 Å². The molecule has 9 heteroatoms. The molecule has 0 unspecified atom stereocenters. The monoisotopic (exact) mass is 486 g/mol. The number of nitriles is 1. The van der Waals surface area contributed by atoms with Gasteiger partial charge in [-0.15, -0.1) is 0 Å². The van der Waals surface area contributed by atoms with E-state index in [2.05, 4.69) is 5.32 Å². The third kappa shape index (κ3) is 4.75. The van der Waals surface area contributed by atoms with Gasteiger partial charge < -0.3 is 5.32 Å². The van der Waals surface area contributed by atoms with Crippen LogP contribution in [0, 0.1) is 24.2 Å². The van der Waals surface area contributed by atoms with E-state index in [4.69, 9.17) is 23.8 Å². The van der Waals surface area contributed by atoms with Crippen LogP contribution >= 0.6 is 35.6 Å². The summed E-state index contributed by atoms with van der Waals surface area (Å²) in [5, 5.41) is 13.4. The smallest absolute Gasteiger partial charge is 0.270 e. The number of amides is 1. The van der Waals surface area contributed by atoms with Crippen LogP contribution in [0.2, 0.25) is 5.02 Å². The maximum absolute atomic E-state index is 13.0. The second-order valence-electron chi connectivity index (χ2n) is 7.87. The number of carbonyl (C=O) groups is 1. The van der Waals surface area contributed by atoms with Crippen LogP contribution in [0.25, 0.3) is 6.08 Å². The average Bonchev–Trinajstić information content (AvgIpc) is 3.00. The minimum absolute atomic E-state index is 0.0414. The van der Waals surface area contributed by atoms with Gasteiger partial charge in [0, 0.05) is 30.7 Å². The summed E-state index contributed by atoms with van der Waals surface area (Å²) in [6.45, 7) is 6.66. The highest BCUT2D eigenvalue weighted by Gasteiger charge is 2.33. The number of nitrogens with zero attached hydrogens (tertiary/aromatic N) is 3. The molecule has 6 nitrogen and oxygen atoms in total. The third-order valence-electron chi connectivity index (χ3n) is 5.10. The summed E-state index contributed by atoms with van der Waals surface area (Å²) < 4.78 is 1.90. The standard InChI is InChI=1S/C23H23ClN4O2S2/c1-13(2)12-28-22(30)19(32-23(28)31)9-16-14(3)17(10-25)21(29)27(4)20(16)26-11-15-7-5-6-8-18(15)24/h5-9,13,26H,11-12H2,1-4H3/b19-9+. The predicted molar refractivity (Wildman–Crippen MR) is 135 cm³/mol. The van der Waals surface area contributed by atoms with Crippen molar-refractivity contribution in [3.63, 3.8) is 0 Å².